The quantitative estimate of drug-likeness (QED) is 0.723. The fraction of sp³-hybridized carbons (Fsp3) is 0.333. The molecule has 5 heteroatoms. The Morgan fingerprint density at radius 3 is 2.76 bits per heavy atom. The molecule has 1 saturated heterocycles. The maximum atomic E-state index is 11.4. The van der Waals surface area contributed by atoms with Gasteiger partial charge in [-0.3, -0.25) is 0 Å². The summed E-state index contributed by atoms with van der Waals surface area (Å²) in [6.07, 6.45) is 3.44. The molecule has 0 spiro atoms. The molecule has 2 aromatic rings. The Hall–Kier alpha value is -1.41. The molecule has 2 heterocycles. The molecule has 0 aliphatic carbocycles. The largest absolute Gasteiger partial charge is 0.340 e. The lowest BCUT2D eigenvalue weighted by molar-refractivity contribution is 0.581. The second-order valence-corrected chi connectivity index (χ2v) is 6.33. The van der Waals surface area contributed by atoms with E-state index in [1.807, 2.05) is 30.5 Å². The molecule has 88 valence electrons. The first-order chi connectivity index (χ1) is 8.33. The number of hydrogen-bond donors (Lipinski definition) is 0. The summed E-state index contributed by atoms with van der Waals surface area (Å²) < 4.78 is 11.4. The molecular formula is C12H14N3OP. The maximum Gasteiger partial charge on any atom is 0.225 e. The average Bonchev–Trinajstić information content (AvgIpc) is 2.39. The Labute approximate surface area is 100 Å². The van der Waals surface area contributed by atoms with Crippen LogP contribution >= 0.6 is 7.80 Å². The number of hydrogen-bond acceptors (Lipinski definition) is 4. The minimum Gasteiger partial charge on any atom is -0.340 e. The monoisotopic (exact) mass is 247 g/mol. The molecular weight excluding hydrogens is 233 g/mol. The lowest BCUT2D eigenvalue weighted by atomic mass is 10.2. The van der Waals surface area contributed by atoms with Crippen LogP contribution in [0.15, 0.2) is 30.5 Å². The first-order valence-corrected chi connectivity index (χ1v) is 7.63. The molecule has 4 nitrogen and oxygen atoms in total. The van der Waals surface area contributed by atoms with Gasteiger partial charge < -0.3 is 9.46 Å². The summed E-state index contributed by atoms with van der Waals surface area (Å²) in [4.78, 5) is 11.1. The van der Waals surface area contributed by atoms with Crippen molar-refractivity contribution >= 4 is 24.7 Å². The van der Waals surface area contributed by atoms with E-state index in [0.29, 0.717) is 0 Å². The predicted molar refractivity (Wildman–Crippen MR) is 70.5 cm³/mol. The van der Waals surface area contributed by atoms with Gasteiger partial charge in [0.05, 0.1) is 13.3 Å². The van der Waals surface area contributed by atoms with Crippen LogP contribution in [0.25, 0.3) is 10.9 Å². The van der Waals surface area contributed by atoms with Crippen molar-refractivity contribution in [3.05, 3.63) is 30.5 Å². The van der Waals surface area contributed by atoms with Gasteiger partial charge in [0, 0.05) is 37.0 Å². The molecule has 17 heavy (non-hydrogen) atoms. The predicted octanol–water partition coefficient (Wildman–Crippen LogP) is 2.01. The zero-order valence-corrected chi connectivity index (χ0v) is 10.5. The number of para-hydroxylation sites is 1. The number of benzene rings is 1. The van der Waals surface area contributed by atoms with Crippen molar-refractivity contribution in [1.29, 1.82) is 0 Å². The van der Waals surface area contributed by atoms with Crippen molar-refractivity contribution in [2.24, 2.45) is 0 Å². The highest BCUT2D eigenvalue weighted by Crippen LogP contribution is 2.26. The van der Waals surface area contributed by atoms with E-state index in [1.54, 1.807) is 0 Å². The van der Waals surface area contributed by atoms with E-state index < -0.39 is 7.80 Å². The SMILES string of the molecule is O=[PH]1CCN(c2ncc3ccccc3n2)CC1. The summed E-state index contributed by atoms with van der Waals surface area (Å²) in [5.74, 6) is 0.762. The van der Waals surface area contributed by atoms with Gasteiger partial charge in [-0.15, -0.1) is 0 Å². The van der Waals surface area contributed by atoms with Crippen LogP contribution in [-0.2, 0) is 4.57 Å². The summed E-state index contributed by atoms with van der Waals surface area (Å²) in [5.41, 5.74) is 0.968. The first-order valence-electron chi connectivity index (χ1n) is 5.81. The van der Waals surface area contributed by atoms with Crippen molar-refractivity contribution < 1.29 is 4.57 Å². The van der Waals surface area contributed by atoms with Crippen molar-refractivity contribution in [2.75, 3.05) is 30.3 Å². The molecule has 0 atom stereocenters. The molecule has 0 N–H and O–H groups in total. The standard InChI is InChI=1S/C12H14N3OP/c16-17-7-5-15(6-8-17)12-13-9-10-3-1-2-4-11(10)14-12/h1-4,9,17H,5-8H2. The molecule has 3 rings (SSSR count). The Morgan fingerprint density at radius 2 is 1.94 bits per heavy atom. The minimum atomic E-state index is -1.32. The third kappa shape index (κ3) is 2.18. The Morgan fingerprint density at radius 1 is 1.18 bits per heavy atom. The smallest absolute Gasteiger partial charge is 0.225 e. The van der Waals surface area contributed by atoms with Gasteiger partial charge >= 0.3 is 0 Å². The number of anilines is 1. The van der Waals surface area contributed by atoms with Crippen LogP contribution in [0.3, 0.4) is 0 Å². The molecule has 1 aliphatic heterocycles. The Kier molecular flexibility index (Phi) is 2.81. The van der Waals surface area contributed by atoms with E-state index in [1.165, 1.54) is 0 Å². The molecule has 1 aliphatic rings. The van der Waals surface area contributed by atoms with E-state index >= 15 is 0 Å². The third-order valence-corrected chi connectivity index (χ3v) is 4.64. The van der Waals surface area contributed by atoms with Crippen LogP contribution in [0, 0.1) is 0 Å². The molecule has 1 fully saturated rings. The van der Waals surface area contributed by atoms with Crippen LogP contribution in [0.1, 0.15) is 0 Å². The highest BCUT2D eigenvalue weighted by Gasteiger charge is 2.17. The zero-order chi connectivity index (χ0) is 11.7. The highest BCUT2D eigenvalue weighted by atomic mass is 31.1. The fourth-order valence-electron chi connectivity index (χ4n) is 2.07. The molecule has 0 unspecified atom stereocenters. The molecule has 1 aromatic carbocycles. The average molecular weight is 247 g/mol. The molecule has 0 saturated carbocycles. The van der Waals surface area contributed by atoms with Crippen LogP contribution < -0.4 is 4.90 Å². The number of aromatic nitrogens is 2. The Balaban J connectivity index is 1.92. The third-order valence-electron chi connectivity index (χ3n) is 3.08. The second kappa shape index (κ2) is 4.46. The van der Waals surface area contributed by atoms with Crippen molar-refractivity contribution in [2.45, 2.75) is 0 Å². The summed E-state index contributed by atoms with van der Waals surface area (Å²) in [5, 5.41) is 1.06. The van der Waals surface area contributed by atoms with E-state index in [9.17, 15) is 4.57 Å². The number of rotatable bonds is 1. The lowest BCUT2D eigenvalue weighted by Gasteiger charge is -2.26. The summed E-state index contributed by atoms with van der Waals surface area (Å²) in [6.45, 7) is 1.63. The Bertz CT molecular complexity index is 562. The minimum absolute atomic E-state index is 0.762. The molecule has 0 amide bonds. The van der Waals surface area contributed by atoms with Crippen molar-refractivity contribution in [1.82, 2.24) is 9.97 Å². The maximum absolute atomic E-state index is 11.4. The fourth-order valence-corrected chi connectivity index (χ4v) is 3.36. The molecule has 0 bridgehead atoms. The van der Waals surface area contributed by atoms with E-state index in [4.69, 9.17) is 0 Å². The van der Waals surface area contributed by atoms with Gasteiger partial charge in [0.2, 0.25) is 5.95 Å². The van der Waals surface area contributed by atoms with Gasteiger partial charge in [-0.05, 0) is 6.07 Å². The van der Waals surface area contributed by atoms with Gasteiger partial charge in [-0.2, -0.15) is 0 Å². The second-order valence-electron chi connectivity index (χ2n) is 4.25. The van der Waals surface area contributed by atoms with Crippen molar-refractivity contribution in [3.8, 4) is 0 Å². The van der Waals surface area contributed by atoms with E-state index in [2.05, 4.69) is 14.9 Å². The first kappa shape index (κ1) is 10.7. The summed E-state index contributed by atoms with van der Waals surface area (Å²) >= 11 is 0. The highest BCUT2D eigenvalue weighted by molar-refractivity contribution is 7.44. The zero-order valence-electron chi connectivity index (χ0n) is 9.47. The van der Waals surface area contributed by atoms with Crippen LogP contribution in [0.5, 0.6) is 0 Å². The number of fused-ring (bicyclic) bond motifs is 1. The lowest BCUT2D eigenvalue weighted by Crippen LogP contribution is -2.33. The van der Waals surface area contributed by atoms with Gasteiger partial charge in [-0.1, -0.05) is 18.2 Å². The van der Waals surface area contributed by atoms with Gasteiger partial charge in [0.25, 0.3) is 0 Å². The van der Waals surface area contributed by atoms with Gasteiger partial charge in [-0.25, -0.2) is 9.97 Å². The van der Waals surface area contributed by atoms with Gasteiger partial charge in [0.15, 0.2) is 0 Å². The van der Waals surface area contributed by atoms with Crippen molar-refractivity contribution in [3.63, 3.8) is 0 Å². The molecule has 0 radical (unpaired) electrons. The summed E-state index contributed by atoms with van der Waals surface area (Å²) in [6, 6.07) is 7.97. The molecule has 1 aromatic heterocycles. The van der Waals surface area contributed by atoms with E-state index in [-0.39, 0.29) is 0 Å². The number of nitrogens with zero attached hydrogens (tertiary/aromatic N) is 3. The summed E-state index contributed by atoms with van der Waals surface area (Å²) in [7, 11) is -1.32. The van der Waals surface area contributed by atoms with Crippen LogP contribution in [0.4, 0.5) is 5.95 Å². The normalized spacial score (nSPS) is 17.5. The van der Waals surface area contributed by atoms with Crippen LogP contribution in [-0.4, -0.2) is 35.4 Å². The topological polar surface area (TPSA) is 46.1 Å². The van der Waals surface area contributed by atoms with Gasteiger partial charge in [0.1, 0.15) is 0 Å². The van der Waals surface area contributed by atoms with E-state index in [0.717, 1.165) is 42.3 Å². The van der Waals surface area contributed by atoms with Crippen LogP contribution in [0.2, 0.25) is 0 Å².